The van der Waals surface area contributed by atoms with Crippen LogP contribution in [0.1, 0.15) is 16.1 Å². The molecule has 18 heavy (non-hydrogen) atoms. The molecule has 0 radical (unpaired) electrons. The molecule has 0 saturated carbocycles. The lowest BCUT2D eigenvalue weighted by molar-refractivity contribution is -0.140. The number of alkyl halides is 3. The van der Waals surface area contributed by atoms with E-state index in [9.17, 15) is 18.0 Å². The molecule has 0 spiro atoms. The number of aromatic nitrogens is 1. The third-order valence-corrected chi connectivity index (χ3v) is 2.18. The van der Waals surface area contributed by atoms with E-state index in [1.807, 2.05) is 0 Å². The van der Waals surface area contributed by atoms with Crippen molar-refractivity contribution in [3.8, 4) is 5.88 Å². The van der Waals surface area contributed by atoms with Crippen molar-refractivity contribution in [3.63, 3.8) is 0 Å². The van der Waals surface area contributed by atoms with Crippen molar-refractivity contribution in [3.05, 3.63) is 17.3 Å². The quantitative estimate of drug-likeness (QED) is 0.891. The standard InChI is InChI=1S/C10H12F3N3O2/c1-16(2)6-4-5(8(14)17)9(18-3)15-7(6)10(11,12)13/h4H,1-3H3,(H2,14,17). The average Bonchev–Trinajstić information content (AvgIpc) is 2.25. The molecule has 0 bridgehead atoms. The zero-order chi connectivity index (χ0) is 14.1. The van der Waals surface area contributed by atoms with E-state index in [0.29, 0.717) is 0 Å². The van der Waals surface area contributed by atoms with Gasteiger partial charge in [0.05, 0.1) is 12.8 Å². The second-order valence-corrected chi connectivity index (χ2v) is 3.67. The van der Waals surface area contributed by atoms with Crippen LogP contribution < -0.4 is 15.4 Å². The number of carbonyl (C=O) groups is 1. The van der Waals surface area contributed by atoms with Crippen molar-refractivity contribution in [1.29, 1.82) is 0 Å². The molecule has 0 aliphatic rings. The summed E-state index contributed by atoms with van der Waals surface area (Å²) in [6, 6.07) is 1.01. The van der Waals surface area contributed by atoms with Crippen molar-refractivity contribution in [2.45, 2.75) is 6.18 Å². The largest absolute Gasteiger partial charge is 0.480 e. The second kappa shape index (κ2) is 4.71. The SMILES string of the molecule is COc1nc(C(F)(F)F)c(N(C)C)cc1C(N)=O. The Balaban J connectivity index is 3.57. The minimum atomic E-state index is -4.65. The topological polar surface area (TPSA) is 68.4 Å². The molecule has 0 atom stereocenters. The smallest absolute Gasteiger partial charge is 0.435 e. The summed E-state index contributed by atoms with van der Waals surface area (Å²) in [5, 5.41) is 0. The van der Waals surface area contributed by atoms with Crippen molar-refractivity contribution in [2.75, 3.05) is 26.1 Å². The highest BCUT2D eigenvalue weighted by Crippen LogP contribution is 2.37. The number of pyridine rings is 1. The Labute approximate surface area is 101 Å². The third-order valence-electron chi connectivity index (χ3n) is 2.18. The van der Waals surface area contributed by atoms with Crippen molar-refractivity contribution in [2.24, 2.45) is 5.73 Å². The van der Waals surface area contributed by atoms with Gasteiger partial charge in [-0.3, -0.25) is 4.79 Å². The van der Waals surface area contributed by atoms with Gasteiger partial charge in [-0.25, -0.2) is 4.98 Å². The van der Waals surface area contributed by atoms with E-state index in [1.165, 1.54) is 19.0 Å². The summed E-state index contributed by atoms with van der Waals surface area (Å²) in [5.74, 6) is -1.35. The maximum Gasteiger partial charge on any atom is 0.435 e. The Morgan fingerprint density at radius 2 is 2.00 bits per heavy atom. The molecule has 1 aromatic heterocycles. The molecular formula is C10H12F3N3O2. The molecule has 8 heteroatoms. The van der Waals surface area contributed by atoms with E-state index in [0.717, 1.165) is 13.2 Å². The lowest BCUT2D eigenvalue weighted by Gasteiger charge is -2.20. The minimum absolute atomic E-state index is 0.200. The van der Waals surface area contributed by atoms with Gasteiger partial charge >= 0.3 is 6.18 Å². The maximum atomic E-state index is 12.8. The second-order valence-electron chi connectivity index (χ2n) is 3.67. The average molecular weight is 263 g/mol. The van der Waals surface area contributed by atoms with Gasteiger partial charge in [0.2, 0.25) is 5.88 Å². The Morgan fingerprint density at radius 1 is 1.44 bits per heavy atom. The lowest BCUT2D eigenvalue weighted by Crippen LogP contribution is -2.22. The molecule has 1 rings (SSSR count). The van der Waals surface area contributed by atoms with Gasteiger partial charge in [-0.2, -0.15) is 13.2 Å². The zero-order valence-electron chi connectivity index (χ0n) is 10.00. The van der Waals surface area contributed by atoms with E-state index in [-0.39, 0.29) is 11.3 Å². The Kier molecular flexibility index (Phi) is 3.68. The molecule has 2 N–H and O–H groups in total. The predicted octanol–water partition coefficient (Wildman–Crippen LogP) is 1.27. The fourth-order valence-electron chi connectivity index (χ4n) is 1.37. The van der Waals surface area contributed by atoms with Gasteiger partial charge in [0.1, 0.15) is 5.56 Å². The summed E-state index contributed by atoms with van der Waals surface area (Å²) in [6.45, 7) is 0. The molecule has 0 aliphatic carbocycles. The van der Waals surface area contributed by atoms with Crippen molar-refractivity contribution >= 4 is 11.6 Å². The summed E-state index contributed by atoms with van der Waals surface area (Å²) in [5.41, 5.74) is 3.48. The zero-order valence-corrected chi connectivity index (χ0v) is 10.00. The summed E-state index contributed by atoms with van der Waals surface area (Å²) < 4.78 is 43.0. The Bertz CT molecular complexity index is 472. The van der Waals surface area contributed by atoms with Crippen LogP contribution in [0.25, 0.3) is 0 Å². The lowest BCUT2D eigenvalue weighted by atomic mass is 10.2. The van der Waals surface area contributed by atoms with Gasteiger partial charge in [0.15, 0.2) is 5.69 Å². The van der Waals surface area contributed by atoms with Crippen LogP contribution in [0, 0.1) is 0 Å². The number of nitrogens with zero attached hydrogens (tertiary/aromatic N) is 2. The van der Waals surface area contributed by atoms with Crippen LogP contribution in [-0.4, -0.2) is 32.1 Å². The minimum Gasteiger partial charge on any atom is -0.480 e. The molecule has 1 aromatic rings. The van der Waals surface area contributed by atoms with Crippen LogP contribution in [0.5, 0.6) is 5.88 Å². The molecule has 0 unspecified atom stereocenters. The highest BCUT2D eigenvalue weighted by atomic mass is 19.4. The molecule has 0 saturated heterocycles. The number of nitrogens with two attached hydrogens (primary N) is 1. The molecule has 0 aliphatic heterocycles. The van der Waals surface area contributed by atoms with E-state index < -0.39 is 23.7 Å². The van der Waals surface area contributed by atoms with Crippen molar-refractivity contribution in [1.82, 2.24) is 4.98 Å². The van der Waals surface area contributed by atoms with E-state index in [4.69, 9.17) is 5.73 Å². The van der Waals surface area contributed by atoms with Gasteiger partial charge < -0.3 is 15.4 Å². The number of ether oxygens (including phenoxy) is 1. The fourth-order valence-corrected chi connectivity index (χ4v) is 1.37. The molecule has 5 nitrogen and oxygen atoms in total. The molecule has 1 heterocycles. The Hall–Kier alpha value is -1.99. The number of anilines is 1. The first-order valence-electron chi connectivity index (χ1n) is 4.81. The number of halogens is 3. The van der Waals surface area contributed by atoms with Gasteiger partial charge in [0, 0.05) is 14.1 Å². The van der Waals surface area contributed by atoms with Gasteiger partial charge in [-0.05, 0) is 6.07 Å². The van der Waals surface area contributed by atoms with Gasteiger partial charge in [-0.1, -0.05) is 0 Å². The number of primary amides is 1. The normalized spacial score (nSPS) is 11.2. The molecule has 0 aromatic carbocycles. The summed E-state index contributed by atoms with van der Waals surface area (Å²) in [6.07, 6.45) is -4.65. The highest BCUT2D eigenvalue weighted by molar-refractivity contribution is 5.96. The van der Waals surface area contributed by atoms with Gasteiger partial charge in [0.25, 0.3) is 5.91 Å². The first-order valence-corrected chi connectivity index (χ1v) is 4.81. The third kappa shape index (κ3) is 2.63. The van der Waals surface area contributed by atoms with Crippen LogP contribution >= 0.6 is 0 Å². The number of hydrogen-bond donors (Lipinski definition) is 1. The first-order chi connectivity index (χ1) is 8.18. The number of hydrogen-bond acceptors (Lipinski definition) is 4. The number of rotatable bonds is 3. The first kappa shape index (κ1) is 14.1. The van der Waals surface area contributed by atoms with Crippen LogP contribution in [0.2, 0.25) is 0 Å². The molecule has 1 amide bonds. The monoisotopic (exact) mass is 263 g/mol. The van der Waals surface area contributed by atoms with E-state index >= 15 is 0 Å². The van der Waals surface area contributed by atoms with Crippen molar-refractivity contribution < 1.29 is 22.7 Å². The number of amides is 1. The Morgan fingerprint density at radius 3 is 2.33 bits per heavy atom. The van der Waals surface area contributed by atoms with Crippen LogP contribution in [0.3, 0.4) is 0 Å². The summed E-state index contributed by atoms with van der Waals surface area (Å²) >= 11 is 0. The van der Waals surface area contributed by atoms with Crippen LogP contribution in [0.15, 0.2) is 6.07 Å². The maximum absolute atomic E-state index is 12.8. The molecular weight excluding hydrogens is 251 g/mol. The highest BCUT2D eigenvalue weighted by Gasteiger charge is 2.37. The van der Waals surface area contributed by atoms with E-state index in [1.54, 1.807) is 0 Å². The molecule has 100 valence electrons. The van der Waals surface area contributed by atoms with Crippen LogP contribution in [-0.2, 0) is 6.18 Å². The number of methoxy groups -OCH3 is 1. The van der Waals surface area contributed by atoms with E-state index in [2.05, 4.69) is 9.72 Å². The summed E-state index contributed by atoms with van der Waals surface area (Å²) in [4.78, 5) is 15.6. The van der Waals surface area contributed by atoms with Crippen LogP contribution in [0.4, 0.5) is 18.9 Å². The predicted molar refractivity (Wildman–Crippen MR) is 58.6 cm³/mol. The van der Waals surface area contributed by atoms with Gasteiger partial charge in [-0.15, -0.1) is 0 Å². The number of carbonyl (C=O) groups excluding carboxylic acids is 1. The summed E-state index contributed by atoms with van der Waals surface area (Å²) in [7, 11) is 3.93. The fraction of sp³-hybridized carbons (Fsp3) is 0.400. The molecule has 0 fully saturated rings.